The molecule has 0 spiro atoms. The lowest BCUT2D eigenvalue weighted by atomic mass is 9.89. The zero-order valence-electron chi connectivity index (χ0n) is 8.89. The predicted octanol–water partition coefficient (Wildman–Crippen LogP) is 3.89. The van der Waals surface area contributed by atoms with Crippen LogP contribution in [-0.4, -0.2) is 6.29 Å². The van der Waals surface area contributed by atoms with E-state index >= 15 is 0 Å². The van der Waals surface area contributed by atoms with E-state index in [-0.39, 0.29) is 5.92 Å². The van der Waals surface area contributed by atoms with Gasteiger partial charge >= 0.3 is 0 Å². The molecule has 0 radical (unpaired) electrons. The van der Waals surface area contributed by atoms with Crippen molar-refractivity contribution < 1.29 is 9.53 Å². The molecular weight excluding hydrogens is 280 g/mol. The standard InChI is InChI=1S/C14H9BrO2/c15-9-5-6-11-12(8-16)10-3-1-2-4-13(10)17-14(11)7-9/h1-8,12H. The summed E-state index contributed by atoms with van der Waals surface area (Å²) in [6.07, 6.45) is 0.966. The lowest BCUT2D eigenvalue weighted by molar-refractivity contribution is -0.108. The van der Waals surface area contributed by atoms with Crippen LogP contribution in [-0.2, 0) is 4.79 Å². The fraction of sp³-hybridized carbons (Fsp3) is 0.0714. The molecule has 3 rings (SSSR count). The highest BCUT2D eigenvalue weighted by Gasteiger charge is 2.26. The third-order valence-corrected chi connectivity index (χ3v) is 3.41. The molecule has 0 saturated heterocycles. The average Bonchev–Trinajstić information content (AvgIpc) is 2.35. The van der Waals surface area contributed by atoms with Crippen LogP contribution in [0.5, 0.6) is 11.5 Å². The Morgan fingerprint density at radius 1 is 1.06 bits per heavy atom. The molecule has 0 saturated carbocycles. The number of para-hydroxylation sites is 1. The van der Waals surface area contributed by atoms with Crippen molar-refractivity contribution in [2.24, 2.45) is 0 Å². The fourth-order valence-corrected chi connectivity index (χ4v) is 2.46. The van der Waals surface area contributed by atoms with Crippen LogP contribution in [0.1, 0.15) is 17.0 Å². The highest BCUT2D eigenvalue weighted by atomic mass is 79.9. The van der Waals surface area contributed by atoms with Gasteiger partial charge in [0.1, 0.15) is 17.8 Å². The molecule has 1 aliphatic heterocycles. The molecule has 17 heavy (non-hydrogen) atoms. The third-order valence-electron chi connectivity index (χ3n) is 2.92. The Kier molecular flexibility index (Phi) is 2.48. The Balaban J connectivity index is 2.22. The molecule has 2 aromatic rings. The number of benzene rings is 2. The molecule has 0 fully saturated rings. The number of aldehydes is 1. The maximum atomic E-state index is 11.3. The van der Waals surface area contributed by atoms with Crippen LogP contribution in [0.25, 0.3) is 0 Å². The van der Waals surface area contributed by atoms with Crippen LogP contribution in [0.4, 0.5) is 0 Å². The van der Waals surface area contributed by atoms with Crippen LogP contribution >= 0.6 is 15.9 Å². The summed E-state index contributed by atoms with van der Waals surface area (Å²) in [4.78, 5) is 11.3. The van der Waals surface area contributed by atoms with E-state index in [9.17, 15) is 4.79 Å². The van der Waals surface area contributed by atoms with E-state index in [4.69, 9.17) is 4.74 Å². The van der Waals surface area contributed by atoms with E-state index < -0.39 is 0 Å². The summed E-state index contributed by atoms with van der Waals surface area (Å²) in [7, 11) is 0. The van der Waals surface area contributed by atoms with Crippen LogP contribution in [0, 0.1) is 0 Å². The van der Waals surface area contributed by atoms with Crippen LogP contribution in [0.2, 0.25) is 0 Å². The van der Waals surface area contributed by atoms with Gasteiger partial charge in [0, 0.05) is 15.6 Å². The second-order valence-electron chi connectivity index (χ2n) is 3.94. The first-order valence-electron chi connectivity index (χ1n) is 5.31. The highest BCUT2D eigenvalue weighted by Crippen LogP contribution is 2.43. The van der Waals surface area contributed by atoms with E-state index in [1.54, 1.807) is 0 Å². The zero-order chi connectivity index (χ0) is 11.8. The van der Waals surface area contributed by atoms with E-state index in [1.165, 1.54) is 0 Å². The normalized spacial score (nSPS) is 16.6. The van der Waals surface area contributed by atoms with Gasteiger partial charge in [-0.2, -0.15) is 0 Å². The molecule has 3 heteroatoms. The number of halogens is 1. The van der Waals surface area contributed by atoms with Gasteiger partial charge < -0.3 is 9.53 Å². The monoisotopic (exact) mass is 288 g/mol. The molecule has 2 aromatic carbocycles. The van der Waals surface area contributed by atoms with Crippen molar-refractivity contribution in [2.75, 3.05) is 0 Å². The highest BCUT2D eigenvalue weighted by molar-refractivity contribution is 9.10. The van der Waals surface area contributed by atoms with E-state index in [0.29, 0.717) is 0 Å². The summed E-state index contributed by atoms with van der Waals surface area (Å²) in [5.41, 5.74) is 1.85. The minimum absolute atomic E-state index is 0.233. The summed E-state index contributed by atoms with van der Waals surface area (Å²) in [5.74, 6) is 1.27. The lowest BCUT2D eigenvalue weighted by Gasteiger charge is -2.24. The first-order valence-corrected chi connectivity index (χ1v) is 6.10. The number of rotatable bonds is 1. The van der Waals surface area contributed by atoms with Gasteiger partial charge in [-0.1, -0.05) is 40.2 Å². The third kappa shape index (κ3) is 1.67. The summed E-state index contributed by atoms with van der Waals surface area (Å²) in [6.45, 7) is 0. The smallest absolute Gasteiger partial charge is 0.132 e. The number of carbonyl (C=O) groups excluding carboxylic acids is 1. The van der Waals surface area contributed by atoms with Crippen molar-refractivity contribution in [1.82, 2.24) is 0 Å². The Morgan fingerprint density at radius 2 is 1.82 bits per heavy atom. The van der Waals surface area contributed by atoms with Crippen molar-refractivity contribution in [1.29, 1.82) is 0 Å². The van der Waals surface area contributed by atoms with Gasteiger partial charge in [0.05, 0.1) is 5.92 Å². The molecule has 0 N–H and O–H groups in total. The quantitative estimate of drug-likeness (QED) is 0.745. The number of ether oxygens (including phenoxy) is 1. The SMILES string of the molecule is O=CC1c2ccccc2Oc2cc(Br)ccc21. The number of hydrogen-bond acceptors (Lipinski definition) is 2. The molecule has 1 atom stereocenters. The molecular formula is C14H9BrO2. The first-order chi connectivity index (χ1) is 8.29. The van der Waals surface area contributed by atoms with Gasteiger partial charge in [0.2, 0.25) is 0 Å². The number of carbonyl (C=O) groups is 1. The average molecular weight is 289 g/mol. The van der Waals surface area contributed by atoms with Crippen LogP contribution in [0.15, 0.2) is 46.9 Å². The Hall–Kier alpha value is -1.61. The van der Waals surface area contributed by atoms with Crippen molar-refractivity contribution in [3.8, 4) is 11.5 Å². The molecule has 0 bridgehead atoms. The van der Waals surface area contributed by atoms with Gasteiger partial charge in [-0.15, -0.1) is 0 Å². The molecule has 0 aliphatic carbocycles. The van der Waals surface area contributed by atoms with E-state index in [1.807, 2.05) is 42.5 Å². The zero-order valence-corrected chi connectivity index (χ0v) is 10.5. The maximum absolute atomic E-state index is 11.3. The Bertz CT molecular complexity index is 593. The van der Waals surface area contributed by atoms with Gasteiger partial charge in [0.15, 0.2) is 0 Å². The van der Waals surface area contributed by atoms with Crippen molar-refractivity contribution in [3.63, 3.8) is 0 Å². The summed E-state index contributed by atoms with van der Waals surface area (Å²) in [6, 6.07) is 13.4. The van der Waals surface area contributed by atoms with E-state index in [0.717, 1.165) is 33.4 Å². The fourth-order valence-electron chi connectivity index (χ4n) is 2.12. The lowest BCUT2D eigenvalue weighted by Crippen LogP contribution is -2.11. The van der Waals surface area contributed by atoms with Crippen molar-refractivity contribution in [2.45, 2.75) is 5.92 Å². The molecule has 1 aliphatic rings. The first kappa shape index (κ1) is 10.5. The van der Waals surface area contributed by atoms with Gasteiger partial charge in [0.25, 0.3) is 0 Å². The van der Waals surface area contributed by atoms with Gasteiger partial charge in [-0.25, -0.2) is 0 Å². The second kappa shape index (κ2) is 4.00. The molecule has 2 nitrogen and oxygen atoms in total. The second-order valence-corrected chi connectivity index (χ2v) is 4.85. The summed E-state index contributed by atoms with van der Waals surface area (Å²) >= 11 is 3.40. The largest absolute Gasteiger partial charge is 0.457 e. The summed E-state index contributed by atoms with van der Waals surface area (Å²) < 4.78 is 6.75. The Morgan fingerprint density at radius 3 is 2.65 bits per heavy atom. The maximum Gasteiger partial charge on any atom is 0.132 e. The minimum atomic E-state index is -0.233. The van der Waals surface area contributed by atoms with Crippen molar-refractivity contribution >= 4 is 22.2 Å². The minimum Gasteiger partial charge on any atom is -0.457 e. The molecule has 84 valence electrons. The number of fused-ring (bicyclic) bond motifs is 2. The predicted molar refractivity (Wildman–Crippen MR) is 68.6 cm³/mol. The molecule has 0 amide bonds. The van der Waals surface area contributed by atoms with Gasteiger partial charge in [-0.05, 0) is 18.2 Å². The van der Waals surface area contributed by atoms with Crippen LogP contribution in [0.3, 0.4) is 0 Å². The molecule has 1 heterocycles. The van der Waals surface area contributed by atoms with E-state index in [2.05, 4.69) is 15.9 Å². The van der Waals surface area contributed by atoms with Crippen LogP contribution < -0.4 is 4.74 Å². The topological polar surface area (TPSA) is 26.3 Å². The Labute approximate surface area is 107 Å². The summed E-state index contributed by atoms with van der Waals surface area (Å²) in [5, 5.41) is 0. The molecule has 0 aromatic heterocycles. The van der Waals surface area contributed by atoms with Gasteiger partial charge in [-0.3, -0.25) is 0 Å². The number of hydrogen-bond donors (Lipinski definition) is 0. The van der Waals surface area contributed by atoms with Crippen molar-refractivity contribution in [3.05, 3.63) is 58.1 Å². The molecule has 1 unspecified atom stereocenters.